The van der Waals surface area contributed by atoms with Crippen LogP contribution in [0.15, 0.2) is 22.9 Å². The van der Waals surface area contributed by atoms with E-state index in [4.69, 9.17) is 11.0 Å². The van der Waals surface area contributed by atoms with Crippen LogP contribution in [0.3, 0.4) is 0 Å². The second-order valence-corrected chi connectivity index (χ2v) is 3.10. The average molecular weight is 263 g/mol. The Balaban J connectivity index is 0.00000144. The van der Waals surface area contributed by atoms with E-state index in [1.54, 1.807) is 12.3 Å². The van der Waals surface area contributed by atoms with Crippen LogP contribution in [0.5, 0.6) is 0 Å². The van der Waals surface area contributed by atoms with Gasteiger partial charge < -0.3 is 5.73 Å². The highest BCUT2D eigenvalue weighted by molar-refractivity contribution is 9.10. The molecule has 0 bridgehead atoms. The molecule has 0 aromatic carbocycles. The topological polar surface area (TPSA) is 62.7 Å². The van der Waals surface area contributed by atoms with Gasteiger partial charge in [-0.15, -0.1) is 12.4 Å². The van der Waals surface area contributed by atoms with E-state index in [1.807, 2.05) is 12.1 Å². The van der Waals surface area contributed by atoms with Crippen molar-refractivity contribution in [3.05, 3.63) is 28.5 Å². The molecular formula is C8H9BrClN3. The highest BCUT2D eigenvalue weighted by Crippen LogP contribution is 2.20. The van der Waals surface area contributed by atoms with Crippen molar-refractivity contribution >= 4 is 28.3 Å². The lowest BCUT2D eigenvalue weighted by Gasteiger charge is -2.08. The fourth-order valence-electron chi connectivity index (χ4n) is 0.883. The Morgan fingerprint density at radius 3 is 2.92 bits per heavy atom. The Kier molecular flexibility index (Phi) is 5.63. The molecule has 3 nitrogen and oxygen atoms in total. The number of halogens is 2. The second kappa shape index (κ2) is 5.92. The van der Waals surface area contributed by atoms with E-state index < -0.39 is 0 Å². The first-order valence-corrected chi connectivity index (χ1v) is 4.28. The first kappa shape index (κ1) is 12.4. The zero-order chi connectivity index (χ0) is 8.97. The Morgan fingerprint density at radius 1 is 1.69 bits per heavy atom. The fourth-order valence-corrected chi connectivity index (χ4v) is 1.43. The van der Waals surface area contributed by atoms with Gasteiger partial charge in [0.15, 0.2) is 0 Å². The zero-order valence-corrected chi connectivity index (χ0v) is 9.18. The maximum absolute atomic E-state index is 8.42. The Labute approximate surface area is 91.5 Å². The largest absolute Gasteiger partial charge is 0.323 e. The summed E-state index contributed by atoms with van der Waals surface area (Å²) in [6, 6.07) is 5.43. The summed E-state index contributed by atoms with van der Waals surface area (Å²) in [6.45, 7) is 0. The van der Waals surface area contributed by atoms with Crippen molar-refractivity contribution in [2.45, 2.75) is 12.5 Å². The number of hydrogen-bond donors (Lipinski definition) is 1. The molecule has 1 heterocycles. The summed E-state index contributed by atoms with van der Waals surface area (Å²) in [5.74, 6) is 0. The molecule has 1 rings (SSSR count). The molecule has 5 heteroatoms. The molecule has 0 aliphatic heterocycles. The second-order valence-electron chi connectivity index (χ2n) is 2.35. The van der Waals surface area contributed by atoms with Crippen LogP contribution >= 0.6 is 28.3 Å². The summed E-state index contributed by atoms with van der Waals surface area (Å²) in [5, 5.41) is 8.42. The number of pyridine rings is 1. The van der Waals surface area contributed by atoms with Crippen molar-refractivity contribution in [1.82, 2.24) is 4.98 Å². The minimum Gasteiger partial charge on any atom is -0.323 e. The third-order valence-corrected chi connectivity index (χ3v) is 2.16. The van der Waals surface area contributed by atoms with Crippen LogP contribution in [-0.4, -0.2) is 4.98 Å². The summed E-state index contributed by atoms with van der Waals surface area (Å²) in [7, 11) is 0. The maximum atomic E-state index is 8.42. The Bertz CT molecular complexity index is 311. The average Bonchev–Trinajstić information content (AvgIpc) is 2.05. The van der Waals surface area contributed by atoms with Gasteiger partial charge in [0, 0.05) is 17.8 Å². The number of nitriles is 1. The SMILES string of the molecule is Cl.N#CC[C@@H](N)c1cccnc1Br. The fraction of sp³-hybridized carbons (Fsp3) is 0.250. The summed E-state index contributed by atoms with van der Waals surface area (Å²) >= 11 is 3.27. The Hall–Kier alpha value is -0.630. The smallest absolute Gasteiger partial charge is 0.110 e. The molecule has 1 atom stereocenters. The van der Waals surface area contributed by atoms with Crippen LogP contribution in [0.2, 0.25) is 0 Å². The molecule has 1 aromatic heterocycles. The number of hydrogen-bond acceptors (Lipinski definition) is 3. The van der Waals surface area contributed by atoms with E-state index in [0.29, 0.717) is 11.0 Å². The van der Waals surface area contributed by atoms with Crippen molar-refractivity contribution in [3.8, 4) is 6.07 Å². The molecule has 0 radical (unpaired) electrons. The van der Waals surface area contributed by atoms with E-state index in [1.165, 1.54) is 0 Å². The van der Waals surface area contributed by atoms with Gasteiger partial charge in [0.25, 0.3) is 0 Å². The van der Waals surface area contributed by atoms with Crippen molar-refractivity contribution in [2.24, 2.45) is 5.73 Å². The third kappa shape index (κ3) is 3.31. The van der Waals surface area contributed by atoms with Crippen LogP contribution in [0.1, 0.15) is 18.0 Å². The van der Waals surface area contributed by atoms with Gasteiger partial charge in [0.2, 0.25) is 0 Å². The van der Waals surface area contributed by atoms with Gasteiger partial charge in [-0.1, -0.05) is 6.07 Å². The van der Waals surface area contributed by atoms with Gasteiger partial charge in [-0.05, 0) is 22.0 Å². The number of rotatable bonds is 2. The highest BCUT2D eigenvalue weighted by Gasteiger charge is 2.08. The monoisotopic (exact) mass is 261 g/mol. The standard InChI is InChI=1S/C8H8BrN3.ClH/c9-8-6(2-1-5-12-8)7(11)3-4-10;/h1-2,5,7H,3,11H2;1H/t7-;/m1./s1. The predicted octanol–water partition coefficient (Wildman–Crippen LogP) is 2.18. The molecule has 1 aromatic rings. The molecule has 0 saturated heterocycles. The van der Waals surface area contributed by atoms with Crippen LogP contribution in [0.4, 0.5) is 0 Å². The predicted molar refractivity (Wildman–Crippen MR) is 56.3 cm³/mol. The van der Waals surface area contributed by atoms with E-state index in [9.17, 15) is 0 Å². The van der Waals surface area contributed by atoms with Crippen molar-refractivity contribution in [3.63, 3.8) is 0 Å². The molecule has 0 fully saturated rings. The van der Waals surface area contributed by atoms with E-state index in [0.717, 1.165) is 5.56 Å². The minimum atomic E-state index is -0.252. The van der Waals surface area contributed by atoms with Gasteiger partial charge in [0.1, 0.15) is 4.60 Å². The molecule has 2 N–H and O–H groups in total. The van der Waals surface area contributed by atoms with Gasteiger partial charge in [-0.3, -0.25) is 0 Å². The summed E-state index contributed by atoms with van der Waals surface area (Å²) in [6.07, 6.45) is 1.98. The zero-order valence-electron chi connectivity index (χ0n) is 6.77. The number of nitrogens with two attached hydrogens (primary N) is 1. The molecule has 0 amide bonds. The molecule has 70 valence electrons. The first-order valence-electron chi connectivity index (χ1n) is 3.48. The third-order valence-electron chi connectivity index (χ3n) is 1.50. The van der Waals surface area contributed by atoms with Crippen LogP contribution in [0.25, 0.3) is 0 Å². The molecule has 0 unspecified atom stereocenters. The lowest BCUT2D eigenvalue weighted by atomic mass is 10.1. The molecule has 13 heavy (non-hydrogen) atoms. The summed E-state index contributed by atoms with van der Waals surface area (Å²) < 4.78 is 0.716. The normalized spacial score (nSPS) is 11.2. The van der Waals surface area contributed by atoms with Crippen LogP contribution < -0.4 is 5.73 Å². The summed E-state index contributed by atoms with van der Waals surface area (Å²) in [5.41, 5.74) is 6.59. The van der Waals surface area contributed by atoms with Gasteiger partial charge in [-0.25, -0.2) is 4.98 Å². The lowest BCUT2D eigenvalue weighted by Crippen LogP contribution is -2.10. The Morgan fingerprint density at radius 2 is 2.38 bits per heavy atom. The quantitative estimate of drug-likeness (QED) is 0.831. The molecular weight excluding hydrogens is 253 g/mol. The van der Waals surface area contributed by atoms with Gasteiger partial charge in [0.05, 0.1) is 12.5 Å². The van der Waals surface area contributed by atoms with E-state index >= 15 is 0 Å². The van der Waals surface area contributed by atoms with Crippen molar-refractivity contribution in [1.29, 1.82) is 5.26 Å². The number of aromatic nitrogens is 1. The van der Waals surface area contributed by atoms with Crippen LogP contribution in [0, 0.1) is 11.3 Å². The molecule has 0 aliphatic rings. The summed E-state index contributed by atoms with van der Waals surface area (Å²) in [4.78, 5) is 4.01. The van der Waals surface area contributed by atoms with Gasteiger partial charge in [-0.2, -0.15) is 5.26 Å². The van der Waals surface area contributed by atoms with E-state index in [2.05, 4.69) is 20.9 Å². The number of nitrogens with zero attached hydrogens (tertiary/aromatic N) is 2. The van der Waals surface area contributed by atoms with Crippen molar-refractivity contribution in [2.75, 3.05) is 0 Å². The van der Waals surface area contributed by atoms with Crippen LogP contribution in [-0.2, 0) is 0 Å². The van der Waals surface area contributed by atoms with Gasteiger partial charge >= 0.3 is 0 Å². The van der Waals surface area contributed by atoms with Crippen molar-refractivity contribution < 1.29 is 0 Å². The maximum Gasteiger partial charge on any atom is 0.110 e. The lowest BCUT2D eigenvalue weighted by molar-refractivity contribution is 0.738. The van der Waals surface area contributed by atoms with E-state index in [-0.39, 0.29) is 18.4 Å². The molecule has 0 saturated carbocycles. The molecule has 0 spiro atoms. The minimum absolute atomic E-state index is 0. The first-order chi connectivity index (χ1) is 5.75. The molecule has 0 aliphatic carbocycles. The highest BCUT2D eigenvalue weighted by atomic mass is 79.9.